The van der Waals surface area contributed by atoms with Crippen molar-refractivity contribution in [2.75, 3.05) is 11.9 Å². The number of hydrogen-bond acceptors (Lipinski definition) is 3. The number of hydrogen-bond donors (Lipinski definition) is 2. The molecule has 4 nitrogen and oxygen atoms in total. The Balaban J connectivity index is 1.73. The molecule has 1 aliphatic rings. The largest absolute Gasteiger partial charge is 0.384 e. The van der Waals surface area contributed by atoms with E-state index >= 15 is 0 Å². The Morgan fingerprint density at radius 2 is 1.81 bits per heavy atom. The van der Waals surface area contributed by atoms with Gasteiger partial charge < -0.3 is 5.32 Å². The smallest absolute Gasteiger partial charge is 0.238 e. The first-order valence-corrected chi connectivity index (χ1v) is 10.3. The predicted molar refractivity (Wildman–Crippen MR) is 102 cm³/mol. The van der Waals surface area contributed by atoms with Gasteiger partial charge in [-0.05, 0) is 59.6 Å². The molecule has 7 heteroatoms. The molecule has 0 radical (unpaired) electrons. The third kappa shape index (κ3) is 3.46. The lowest BCUT2D eigenvalue weighted by Crippen LogP contribution is -2.11. The first-order valence-electron chi connectivity index (χ1n) is 8.34. The van der Waals surface area contributed by atoms with E-state index in [0.29, 0.717) is 17.4 Å². The summed E-state index contributed by atoms with van der Waals surface area (Å²) in [5, 5.41) is 8.66. The first kappa shape index (κ1) is 19.1. The SMILES string of the molecule is Cc1c(NC[C@H]2[C@H](c3ccc(S(N)(=O)=O)cc3)C2(C)C)ccc(F)c1Cl. The van der Waals surface area contributed by atoms with Crippen molar-refractivity contribution in [1.29, 1.82) is 0 Å². The standard InChI is InChI=1S/C19H22ClFN2O2S/c1-11-16(9-8-15(21)18(11)20)23-10-14-17(19(14,2)3)12-4-6-13(7-5-12)26(22,24)25/h4-9,14,17,23H,10H2,1-3H3,(H2,22,24,25)/t14-,17-/m0/s1. The maximum Gasteiger partial charge on any atom is 0.238 e. The summed E-state index contributed by atoms with van der Waals surface area (Å²) in [5.74, 6) is 0.251. The second-order valence-electron chi connectivity index (χ2n) is 7.43. The summed E-state index contributed by atoms with van der Waals surface area (Å²) < 4.78 is 36.3. The Bertz CT molecular complexity index is 943. The number of nitrogens with two attached hydrogens (primary N) is 1. The first-order chi connectivity index (χ1) is 12.0. The van der Waals surface area contributed by atoms with Crippen LogP contribution < -0.4 is 10.5 Å². The van der Waals surface area contributed by atoms with Gasteiger partial charge in [0.1, 0.15) is 5.82 Å². The highest BCUT2D eigenvalue weighted by molar-refractivity contribution is 7.89. The van der Waals surface area contributed by atoms with E-state index in [-0.39, 0.29) is 15.3 Å². The summed E-state index contributed by atoms with van der Waals surface area (Å²) in [7, 11) is -3.68. The molecule has 0 amide bonds. The zero-order valence-electron chi connectivity index (χ0n) is 14.9. The van der Waals surface area contributed by atoms with Gasteiger partial charge in [0.2, 0.25) is 10.0 Å². The number of benzene rings is 2. The van der Waals surface area contributed by atoms with Gasteiger partial charge in [-0.1, -0.05) is 37.6 Å². The van der Waals surface area contributed by atoms with Crippen LogP contribution in [0.15, 0.2) is 41.3 Å². The van der Waals surface area contributed by atoms with Crippen molar-refractivity contribution in [2.24, 2.45) is 16.5 Å². The Morgan fingerprint density at radius 3 is 2.38 bits per heavy atom. The molecule has 0 unspecified atom stereocenters. The van der Waals surface area contributed by atoms with Gasteiger partial charge in [0, 0.05) is 12.2 Å². The topological polar surface area (TPSA) is 72.2 Å². The fraction of sp³-hybridized carbons (Fsp3) is 0.368. The molecule has 1 aliphatic carbocycles. The number of anilines is 1. The van der Waals surface area contributed by atoms with Gasteiger partial charge in [0.05, 0.1) is 9.92 Å². The molecule has 2 atom stereocenters. The number of rotatable bonds is 5. The number of halogens is 2. The molecule has 2 aromatic rings. The van der Waals surface area contributed by atoms with Crippen molar-refractivity contribution in [3.05, 3.63) is 58.4 Å². The van der Waals surface area contributed by atoms with Crippen LogP contribution >= 0.6 is 11.6 Å². The van der Waals surface area contributed by atoms with E-state index in [9.17, 15) is 12.8 Å². The van der Waals surface area contributed by atoms with Crippen LogP contribution in [0, 0.1) is 24.1 Å². The number of sulfonamides is 1. The fourth-order valence-electron chi connectivity index (χ4n) is 3.72. The minimum absolute atomic E-state index is 0.0772. The second kappa shape index (κ2) is 6.51. The molecule has 3 rings (SSSR count). The molecule has 1 saturated carbocycles. The minimum Gasteiger partial charge on any atom is -0.384 e. The van der Waals surface area contributed by atoms with Gasteiger partial charge in [-0.3, -0.25) is 0 Å². The van der Waals surface area contributed by atoms with Gasteiger partial charge in [-0.2, -0.15) is 0 Å². The van der Waals surface area contributed by atoms with Crippen LogP contribution in [0.5, 0.6) is 0 Å². The average molecular weight is 397 g/mol. The number of primary sulfonamides is 1. The Hall–Kier alpha value is -1.63. The molecule has 3 N–H and O–H groups in total. The Morgan fingerprint density at radius 1 is 1.19 bits per heavy atom. The van der Waals surface area contributed by atoms with E-state index in [1.807, 2.05) is 12.1 Å². The second-order valence-corrected chi connectivity index (χ2v) is 9.37. The predicted octanol–water partition coefficient (Wildman–Crippen LogP) is 4.29. The normalized spacial score (nSPS) is 21.5. The van der Waals surface area contributed by atoms with E-state index < -0.39 is 15.8 Å². The van der Waals surface area contributed by atoms with Gasteiger partial charge >= 0.3 is 0 Å². The van der Waals surface area contributed by atoms with Crippen LogP contribution in [0.4, 0.5) is 10.1 Å². The fourth-order valence-corrected chi connectivity index (χ4v) is 4.40. The lowest BCUT2D eigenvalue weighted by atomic mass is 10.0. The summed E-state index contributed by atoms with van der Waals surface area (Å²) in [6.45, 7) is 6.87. The lowest BCUT2D eigenvalue weighted by Gasteiger charge is -2.12. The van der Waals surface area contributed by atoms with Gasteiger partial charge in [-0.25, -0.2) is 17.9 Å². The molecule has 2 aromatic carbocycles. The molecule has 0 bridgehead atoms. The number of nitrogens with one attached hydrogen (secondary N) is 1. The average Bonchev–Trinajstić information content (AvgIpc) is 3.12. The molecule has 0 spiro atoms. The maximum absolute atomic E-state index is 13.5. The Labute approximate surface area is 158 Å². The molecular formula is C19H22ClFN2O2S. The van der Waals surface area contributed by atoms with Gasteiger partial charge in [0.15, 0.2) is 0 Å². The van der Waals surface area contributed by atoms with E-state index in [4.69, 9.17) is 16.7 Å². The summed E-state index contributed by atoms with van der Waals surface area (Å²) >= 11 is 5.97. The van der Waals surface area contributed by atoms with E-state index in [0.717, 1.165) is 17.8 Å². The lowest BCUT2D eigenvalue weighted by molar-refractivity contribution is 0.565. The highest BCUT2D eigenvalue weighted by Gasteiger charge is 2.57. The van der Waals surface area contributed by atoms with Crippen LogP contribution in [0.25, 0.3) is 0 Å². The summed E-state index contributed by atoms with van der Waals surface area (Å²) in [6.07, 6.45) is 0. The molecule has 1 fully saturated rings. The van der Waals surface area contributed by atoms with Crippen LogP contribution in [0.2, 0.25) is 5.02 Å². The quantitative estimate of drug-likeness (QED) is 0.791. The van der Waals surface area contributed by atoms with E-state index in [1.54, 1.807) is 25.1 Å². The molecule has 140 valence electrons. The third-order valence-corrected chi connectivity index (χ3v) is 6.86. The Kier molecular flexibility index (Phi) is 4.80. The van der Waals surface area contributed by atoms with Crippen LogP contribution in [-0.4, -0.2) is 15.0 Å². The molecule has 0 aliphatic heterocycles. The van der Waals surface area contributed by atoms with E-state index in [1.165, 1.54) is 6.07 Å². The zero-order valence-corrected chi connectivity index (χ0v) is 16.5. The van der Waals surface area contributed by atoms with Crippen molar-refractivity contribution in [2.45, 2.75) is 31.6 Å². The maximum atomic E-state index is 13.5. The third-order valence-electron chi connectivity index (χ3n) is 5.47. The molecule has 0 aromatic heterocycles. The minimum atomic E-state index is -3.68. The van der Waals surface area contributed by atoms with Crippen molar-refractivity contribution in [1.82, 2.24) is 0 Å². The van der Waals surface area contributed by atoms with Gasteiger partial charge in [-0.15, -0.1) is 0 Å². The molecule has 26 heavy (non-hydrogen) atoms. The summed E-state index contributed by atoms with van der Waals surface area (Å²) in [5.41, 5.74) is 2.68. The van der Waals surface area contributed by atoms with Crippen molar-refractivity contribution < 1.29 is 12.8 Å². The summed E-state index contributed by atoms with van der Waals surface area (Å²) in [6, 6.07) is 9.81. The van der Waals surface area contributed by atoms with Crippen molar-refractivity contribution >= 4 is 27.3 Å². The van der Waals surface area contributed by atoms with Crippen molar-refractivity contribution in [3.63, 3.8) is 0 Å². The summed E-state index contributed by atoms with van der Waals surface area (Å²) in [4.78, 5) is 0.117. The zero-order chi connectivity index (χ0) is 19.3. The van der Waals surface area contributed by atoms with Crippen LogP contribution in [0.1, 0.15) is 30.9 Å². The molecule has 0 heterocycles. The highest BCUT2D eigenvalue weighted by atomic mass is 35.5. The monoisotopic (exact) mass is 396 g/mol. The van der Waals surface area contributed by atoms with Gasteiger partial charge in [0.25, 0.3) is 0 Å². The molecular weight excluding hydrogens is 375 g/mol. The molecule has 0 saturated heterocycles. The van der Waals surface area contributed by atoms with Crippen molar-refractivity contribution in [3.8, 4) is 0 Å². The van der Waals surface area contributed by atoms with E-state index in [2.05, 4.69) is 19.2 Å². The van der Waals surface area contributed by atoms with Crippen LogP contribution in [-0.2, 0) is 10.0 Å². The van der Waals surface area contributed by atoms with Crippen LogP contribution in [0.3, 0.4) is 0 Å². The highest BCUT2D eigenvalue weighted by Crippen LogP contribution is 2.64.